The second kappa shape index (κ2) is 15.5. The molecule has 29 heavy (non-hydrogen) atoms. The Kier molecular flexibility index (Phi) is 14.8. The summed E-state index contributed by atoms with van der Waals surface area (Å²) in [4.78, 5) is 0. The molecule has 0 saturated heterocycles. The summed E-state index contributed by atoms with van der Waals surface area (Å²) < 4.78 is 23.3. The average molecular weight is 534 g/mol. The van der Waals surface area contributed by atoms with Crippen molar-refractivity contribution in [2.45, 2.75) is 150 Å². The van der Waals surface area contributed by atoms with Crippen molar-refractivity contribution < 1.29 is 5.80 Å². The van der Waals surface area contributed by atoms with Crippen molar-refractivity contribution in [2.24, 2.45) is 0 Å². The summed E-state index contributed by atoms with van der Waals surface area (Å²) in [5.41, 5.74) is 0. The molecule has 0 amide bonds. The fraction of sp³-hybridized carbons (Fsp3) is 0.923. The van der Waals surface area contributed by atoms with Gasteiger partial charge >= 0.3 is 193 Å². The number of hydrogen-bond donors (Lipinski definition) is 0. The van der Waals surface area contributed by atoms with Crippen LogP contribution in [0.4, 0.5) is 0 Å². The monoisotopic (exact) mass is 534 g/mol. The molecule has 1 atom stereocenters. The van der Waals surface area contributed by atoms with Crippen molar-refractivity contribution in [3.63, 3.8) is 0 Å². The molecule has 1 nitrogen and oxygen atoms in total. The van der Waals surface area contributed by atoms with E-state index in [0.717, 1.165) is 12.8 Å². The molecule has 0 rings (SSSR count). The first-order chi connectivity index (χ1) is 13.9. The van der Waals surface area contributed by atoms with E-state index >= 15 is 0 Å². The fourth-order valence-corrected chi connectivity index (χ4v) is 19.0. The molecular weight excluding hydrogens is 475 g/mol. The number of unbranched alkanes of at least 4 members (excludes halogenated alkanes) is 5. The van der Waals surface area contributed by atoms with Gasteiger partial charge in [0.1, 0.15) is 0 Å². The van der Waals surface area contributed by atoms with Gasteiger partial charge in [-0.2, -0.15) is 0 Å². The first kappa shape index (κ1) is 27.7. The summed E-state index contributed by atoms with van der Waals surface area (Å²) in [5, 5.41) is 0.144. The van der Waals surface area contributed by atoms with Crippen LogP contribution in [-0.4, -0.2) is 32.8 Å². The van der Waals surface area contributed by atoms with Crippen LogP contribution in [0.15, 0.2) is 10.2 Å². The van der Waals surface area contributed by atoms with Crippen LogP contribution in [0.2, 0.25) is 31.4 Å². The van der Waals surface area contributed by atoms with Crippen LogP contribution in [0.5, 0.6) is 0 Å². The molecule has 1 unspecified atom stereocenters. The quantitative estimate of drug-likeness (QED) is 0.134. The third-order valence-electron chi connectivity index (χ3n) is 6.93. The Morgan fingerprint density at radius 3 is 1.66 bits per heavy atom. The molecule has 0 N–H and O–H groups in total. The van der Waals surface area contributed by atoms with E-state index in [2.05, 4.69) is 71.7 Å². The zero-order valence-electron chi connectivity index (χ0n) is 22.8. The van der Waals surface area contributed by atoms with E-state index in [-0.39, 0.29) is 5.04 Å². The van der Waals surface area contributed by atoms with E-state index < -0.39 is 32.8 Å². The molecule has 3 heteroatoms. The molecule has 0 aliphatic heterocycles. The van der Waals surface area contributed by atoms with Crippen LogP contribution in [0.1, 0.15) is 114 Å². The molecule has 0 saturated carbocycles. The maximum atomic E-state index is 9.40. The predicted molar refractivity (Wildman–Crippen MR) is 140 cm³/mol. The van der Waals surface area contributed by atoms with E-state index in [4.69, 9.17) is 4.43 Å². The summed E-state index contributed by atoms with van der Waals surface area (Å²) in [5.74, 6) is 0. The van der Waals surface area contributed by atoms with Gasteiger partial charge in [-0.15, -0.1) is 0 Å². The van der Waals surface area contributed by atoms with E-state index in [1.807, 2.05) is 0 Å². The second-order valence-electron chi connectivity index (χ2n) is 10.8. The molecule has 0 spiro atoms. The van der Waals surface area contributed by atoms with Crippen molar-refractivity contribution in [2.75, 3.05) is 0 Å². The molecule has 0 bridgehead atoms. The SMILES string of the molecule is [3H]C(/C=[CH]/[Sn]([CH2]CCC)([CH2]CCC)[CH2]CCC)(CCCCC)O[Si](C)(C)C(C)(C)C. The fourth-order valence-electron chi connectivity index (χ4n) is 3.68. The molecule has 0 aromatic heterocycles. The molecule has 174 valence electrons. The number of rotatable bonds is 17. The molecule has 0 aromatic rings. The Morgan fingerprint density at radius 1 is 0.828 bits per heavy atom. The average Bonchev–Trinajstić information content (AvgIpc) is 2.66. The maximum absolute atomic E-state index is 9.40. The minimum atomic E-state index is -2.40. The number of hydrogen-bond acceptors (Lipinski definition) is 1. The van der Waals surface area contributed by atoms with Gasteiger partial charge < -0.3 is 0 Å². The van der Waals surface area contributed by atoms with Crippen molar-refractivity contribution in [1.82, 2.24) is 0 Å². The van der Waals surface area contributed by atoms with E-state index in [9.17, 15) is 1.37 Å². The van der Waals surface area contributed by atoms with Crippen LogP contribution >= 0.6 is 0 Å². The van der Waals surface area contributed by atoms with Gasteiger partial charge in [0.2, 0.25) is 0 Å². The van der Waals surface area contributed by atoms with Gasteiger partial charge in [-0.05, 0) is 0 Å². The minimum absolute atomic E-state index is 0.144. The van der Waals surface area contributed by atoms with Crippen molar-refractivity contribution >= 4 is 26.7 Å². The van der Waals surface area contributed by atoms with Crippen LogP contribution in [0.25, 0.3) is 0 Å². The molecule has 0 aromatic carbocycles. The summed E-state index contributed by atoms with van der Waals surface area (Å²) in [7, 11) is -1.99. The molecule has 0 aliphatic carbocycles. The topological polar surface area (TPSA) is 9.23 Å². The van der Waals surface area contributed by atoms with Crippen LogP contribution < -0.4 is 0 Å². The first-order valence-corrected chi connectivity index (χ1v) is 23.4. The third-order valence-corrected chi connectivity index (χ3v) is 25.4. The van der Waals surface area contributed by atoms with Crippen LogP contribution in [0, 0.1) is 0 Å². The summed E-state index contributed by atoms with van der Waals surface area (Å²) in [6.07, 6.45) is 13.8. The predicted octanol–water partition coefficient (Wildman–Crippen LogP) is 9.90. The van der Waals surface area contributed by atoms with Crippen LogP contribution in [0.3, 0.4) is 0 Å². The van der Waals surface area contributed by atoms with Crippen molar-refractivity contribution in [3.05, 3.63) is 10.2 Å². The molecule has 0 radical (unpaired) electrons. The van der Waals surface area contributed by atoms with Crippen molar-refractivity contribution in [1.29, 1.82) is 0 Å². The first-order valence-electron chi connectivity index (χ1n) is 13.3. The van der Waals surface area contributed by atoms with Gasteiger partial charge in [-0.1, -0.05) is 0 Å². The standard InChI is InChI=1S/C14H29OSi.3C4H9.Sn/c1-8-10-11-12-13(9-2)15-16(6,7)14(3,4)5;3*1-3-4-2;/h2,9,13H,8,10-12H2,1,3-7H3;3*1,3-4H2,2H3;/i13T;;;;. The van der Waals surface area contributed by atoms with E-state index in [0.29, 0.717) is 0 Å². The van der Waals surface area contributed by atoms with Gasteiger partial charge in [-0.25, -0.2) is 0 Å². The zero-order valence-corrected chi connectivity index (χ0v) is 25.6. The second-order valence-corrected chi connectivity index (χ2v) is 28.5. The zero-order chi connectivity index (χ0) is 23.3. The molecule has 0 fully saturated rings. The van der Waals surface area contributed by atoms with Gasteiger partial charge in [-0.3, -0.25) is 0 Å². The Labute approximate surface area is 192 Å². The Balaban J connectivity index is 5.89. The third kappa shape index (κ3) is 12.4. The normalized spacial score (nSPS) is 16.2. The molecular formula is C26H56OSiSn. The van der Waals surface area contributed by atoms with Gasteiger partial charge in [0, 0.05) is 0 Å². The summed E-state index contributed by atoms with van der Waals surface area (Å²) in [6, 6.07) is 0. The van der Waals surface area contributed by atoms with Crippen molar-refractivity contribution in [3.8, 4) is 0 Å². The van der Waals surface area contributed by atoms with Gasteiger partial charge in [0.05, 0.1) is 0 Å². The molecule has 0 aliphatic rings. The van der Waals surface area contributed by atoms with E-state index in [1.165, 1.54) is 64.7 Å². The van der Waals surface area contributed by atoms with E-state index in [1.54, 1.807) is 0 Å². The Bertz CT molecular complexity index is 450. The Morgan fingerprint density at radius 2 is 1.28 bits per heavy atom. The van der Waals surface area contributed by atoms with Gasteiger partial charge in [0.15, 0.2) is 0 Å². The van der Waals surface area contributed by atoms with Gasteiger partial charge in [0.25, 0.3) is 0 Å². The summed E-state index contributed by atoms with van der Waals surface area (Å²) in [6.45, 7) is 20.8. The Hall–Kier alpha value is 0.716. The summed E-state index contributed by atoms with van der Waals surface area (Å²) >= 11 is -2.40. The van der Waals surface area contributed by atoms with Crippen LogP contribution in [-0.2, 0) is 4.43 Å². The molecule has 0 heterocycles.